The van der Waals surface area contributed by atoms with E-state index in [1.54, 1.807) is 6.20 Å². The molecule has 0 fully saturated rings. The second-order valence-corrected chi connectivity index (χ2v) is 5.19. The van der Waals surface area contributed by atoms with Gasteiger partial charge in [0.05, 0.1) is 0 Å². The van der Waals surface area contributed by atoms with Crippen molar-refractivity contribution in [2.24, 2.45) is 0 Å². The van der Waals surface area contributed by atoms with Crippen molar-refractivity contribution in [3.05, 3.63) is 30.2 Å². The maximum atomic E-state index is 12.3. The third-order valence-corrected chi connectivity index (χ3v) is 3.02. The summed E-state index contributed by atoms with van der Waals surface area (Å²) in [5.74, 6) is -0.112. The molecule has 0 saturated heterocycles. The number of aromatic amines is 1. The van der Waals surface area contributed by atoms with Crippen molar-refractivity contribution in [2.75, 3.05) is 0 Å². The number of carbonyl (C=O) groups excluding carboxylic acids is 1. The molecule has 0 aliphatic rings. The number of carbonyl (C=O) groups is 1. The Bertz CT molecular complexity index is 557. The number of aromatic nitrogens is 2. The molecule has 0 unspecified atom stereocenters. The van der Waals surface area contributed by atoms with Crippen LogP contribution in [0, 0.1) is 0 Å². The number of H-pyrrole nitrogens is 1. The highest BCUT2D eigenvalue weighted by Crippen LogP contribution is 2.17. The Morgan fingerprint density at radius 2 is 2.22 bits per heavy atom. The predicted octanol–water partition coefficient (Wildman–Crippen LogP) is 2.87. The van der Waals surface area contributed by atoms with E-state index in [4.69, 9.17) is 0 Å². The van der Waals surface area contributed by atoms with Crippen molar-refractivity contribution in [2.45, 2.75) is 39.2 Å². The van der Waals surface area contributed by atoms with Crippen LogP contribution in [0.5, 0.6) is 0 Å². The quantitative estimate of drug-likeness (QED) is 0.870. The van der Waals surface area contributed by atoms with Crippen molar-refractivity contribution < 1.29 is 4.79 Å². The molecular formula is C14H19N3O. The van der Waals surface area contributed by atoms with E-state index in [1.807, 2.05) is 32.2 Å². The number of amides is 1. The summed E-state index contributed by atoms with van der Waals surface area (Å²) in [6, 6.07) is 3.74. The van der Waals surface area contributed by atoms with Gasteiger partial charge in [-0.05, 0) is 32.4 Å². The summed E-state index contributed by atoms with van der Waals surface area (Å²) in [7, 11) is 0. The molecule has 0 radical (unpaired) electrons. The van der Waals surface area contributed by atoms with Gasteiger partial charge in [-0.3, -0.25) is 9.78 Å². The molecule has 0 aromatic carbocycles. The van der Waals surface area contributed by atoms with Gasteiger partial charge < -0.3 is 10.3 Å². The minimum atomic E-state index is -0.202. The predicted molar refractivity (Wildman–Crippen MR) is 72.5 cm³/mol. The highest BCUT2D eigenvalue weighted by Gasteiger charge is 2.22. The average molecular weight is 245 g/mol. The number of rotatable bonds is 4. The van der Waals surface area contributed by atoms with E-state index >= 15 is 0 Å². The summed E-state index contributed by atoms with van der Waals surface area (Å²) in [6.45, 7) is 6.18. The second kappa shape index (κ2) is 4.80. The molecule has 0 aliphatic heterocycles. The standard InChI is InChI=1S/C14H19N3O/c1-4-7-14(2,3)17-13(18)12-10-5-8-15-11(10)6-9-16-12/h5-6,8-9,15H,4,7H2,1-3H3,(H,17,18). The van der Waals surface area contributed by atoms with Crippen molar-refractivity contribution in [3.8, 4) is 0 Å². The average Bonchev–Trinajstić information content (AvgIpc) is 2.75. The summed E-state index contributed by atoms with van der Waals surface area (Å²) in [5, 5.41) is 3.90. The summed E-state index contributed by atoms with van der Waals surface area (Å²) < 4.78 is 0. The molecule has 2 N–H and O–H groups in total. The fourth-order valence-corrected chi connectivity index (χ4v) is 2.22. The maximum absolute atomic E-state index is 12.3. The fraction of sp³-hybridized carbons (Fsp3) is 0.429. The Balaban J connectivity index is 2.26. The van der Waals surface area contributed by atoms with Gasteiger partial charge >= 0.3 is 0 Å². The number of pyridine rings is 1. The van der Waals surface area contributed by atoms with Gasteiger partial charge in [-0.15, -0.1) is 0 Å². The molecule has 0 aliphatic carbocycles. The number of hydrogen-bond donors (Lipinski definition) is 2. The molecule has 18 heavy (non-hydrogen) atoms. The number of hydrogen-bond acceptors (Lipinski definition) is 2. The van der Waals surface area contributed by atoms with E-state index in [2.05, 4.69) is 22.2 Å². The van der Waals surface area contributed by atoms with Gasteiger partial charge in [0.15, 0.2) is 0 Å². The minimum absolute atomic E-state index is 0.112. The Morgan fingerprint density at radius 3 is 2.94 bits per heavy atom. The molecule has 2 rings (SSSR count). The van der Waals surface area contributed by atoms with Gasteiger partial charge in [-0.1, -0.05) is 13.3 Å². The van der Waals surface area contributed by atoms with Crippen LogP contribution in [0.1, 0.15) is 44.1 Å². The van der Waals surface area contributed by atoms with E-state index < -0.39 is 0 Å². The van der Waals surface area contributed by atoms with Crippen LogP contribution < -0.4 is 5.32 Å². The molecule has 96 valence electrons. The van der Waals surface area contributed by atoms with Gasteiger partial charge in [-0.2, -0.15) is 0 Å². The van der Waals surface area contributed by atoms with Crippen LogP contribution >= 0.6 is 0 Å². The molecule has 4 nitrogen and oxygen atoms in total. The monoisotopic (exact) mass is 245 g/mol. The molecule has 0 spiro atoms. The Hall–Kier alpha value is -1.84. The summed E-state index contributed by atoms with van der Waals surface area (Å²) in [6.07, 6.45) is 5.46. The highest BCUT2D eigenvalue weighted by molar-refractivity contribution is 6.04. The highest BCUT2D eigenvalue weighted by atomic mass is 16.2. The van der Waals surface area contributed by atoms with E-state index in [1.165, 1.54) is 0 Å². The zero-order valence-electron chi connectivity index (χ0n) is 11.1. The summed E-state index contributed by atoms with van der Waals surface area (Å²) in [4.78, 5) is 19.5. The van der Waals surface area contributed by atoms with Crippen LogP contribution in [-0.2, 0) is 0 Å². The van der Waals surface area contributed by atoms with E-state index in [9.17, 15) is 4.79 Å². The van der Waals surface area contributed by atoms with Crippen molar-refractivity contribution in [1.82, 2.24) is 15.3 Å². The maximum Gasteiger partial charge on any atom is 0.270 e. The van der Waals surface area contributed by atoms with Crippen LogP contribution in [0.4, 0.5) is 0 Å². The second-order valence-electron chi connectivity index (χ2n) is 5.19. The summed E-state index contributed by atoms with van der Waals surface area (Å²) in [5.41, 5.74) is 1.22. The molecule has 4 heteroatoms. The SMILES string of the molecule is CCCC(C)(C)NC(=O)c1nccc2[nH]ccc12. The first kappa shape index (κ1) is 12.6. The van der Waals surface area contributed by atoms with Crippen molar-refractivity contribution in [3.63, 3.8) is 0 Å². The fourth-order valence-electron chi connectivity index (χ4n) is 2.22. The molecule has 0 bridgehead atoms. The Labute approximate surface area is 107 Å². The number of fused-ring (bicyclic) bond motifs is 1. The van der Waals surface area contributed by atoms with E-state index in [0.717, 1.165) is 23.7 Å². The van der Waals surface area contributed by atoms with E-state index in [0.29, 0.717) is 5.69 Å². The van der Waals surface area contributed by atoms with Gasteiger partial charge in [0.25, 0.3) is 5.91 Å². The first-order chi connectivity index (χ1) is 8.53. The molecule has 0 saturated carbocycles. The molecule has 2 aromatic heterocycles. The van der Waals surface area contributed by atoms with Gasteiger partial charge in [0.2, 0.25) is 0 Å². The number of nitrogens with one attached hydrogen (secondary N) is 2. The Kier molecular flexibility index (Phi) is 3.36. The van der Waals surface area contributed by atoms with E-state index in [-0.39, 0.29) is 11.4 Å². The number of nitrogens with zero attached hydrogens (tertiary/aromatic N) is 1. The minimum Gasteiger partial charge on any atom is -0.361 e. The van der Waals surface area contributed by atoms with Crippen LogP contribution in [-0.4, -0.2) is 21.4 Å². The van der Waals surface area contributed by atoms with Crippen molar-refractivity contribution >= 4 is 16.8 Å². The smallest absolute Gasteiger partial charge is 0.270 e. The molecule has 0 atom stereocenters. The lowest BCUT2D eigenvalue weighted by Gasteiger charge is -2.25. The summed E-state index contributed by atoms with van der Waals surface area (Å²) >= 11 is 0. The lowest BCUT2D eigenvalue weighted by molar-refractivity contribution is 0.0906. The molecule has 2 aromatic rings. The van der Waals surface area contributed by atoms with Crippen molar-refractivity contribution in [1.29, 1.82) is 0 Å². The third-order valence-electron chi connectivity index (χ3n) is 3.02. The first-order valence-corrected chi connectivity index (χ1v) is 6.28. The largest absolute Gasteiger partial charge is 0.361 e. The van der Waals surface area contributed by atoms with Gasteiger partial charge in [-0.25, -0.2) is 0 Å². The van der Waals surface area contributed by atoms with Crippen LogP contribution in [0.25, 0.3) is 10.9 Å². The van der Waals surface area contributed by atoms with Crippen LogP contribution in [0.15, 0.2) is 24.5 Å². The Morgan fingerprint density at radius 1 is 1.44 bits per heavy atom. The van der Waals surface area contributed by atoms with Gasteiger partial charge in [0.1, 0.15) is 5.69 Å². The van der Waals surface area contributed by atoms with Gasteiger partial charge in [0, 0.05) is 28.8 Å². The lowest BCUT2D eigenvalue weighted by atomic mass is 9.98. The third kappa shape index (κ3) is 2.53. The topological polar surface area (TPSA) is 57.8 Å². The van der Waals surface area contributed by atoms with Crippen LogP contribution in [0.3, 0.4) is 0 Å². The lowest BCUT2D eigenvalue weighted by Crippen LogP contribution is -2.43. The first-order valence-electron chi connectivity index (χ1n) is 6.28. The molecular weight excluding hydrogens is 226 g/mol. The molecule has 1 amide bonds. The normalized spacial score (nSPS) is 11.7. The van der Waals surface area contributed by atoms with Crippen LogP contribution in [0.2, 0.25) is 0 Å². The molecule has 2 heterocycles. The zero-order chi connectivity index (χ0) is 13.2. The zero-order valence-corrected chi connectivity index (χ0v) is 11.1.